The fraction of sp³-hybridized carbons (Fsp3) is 0.250. The molecule has 2 aromatic rings. The average Bonchev–Trinajstić information content (AvgIpc) is 2.87. The number of hydrogen-bond donors (Lipinski definition) is 2. The molecule has 104 valence electrons. The molecule has 0 fully saturated rings. The lowest BCUT2D eigenvalue weighted by Gasteiger charge is -2.05. The molecule has 19 heavy (non-hydrogen) atoms. The minimum absolute atomic E-state index is 0.0368. The van der Waals surface area contributed by atoms with Crippen LogP contribution in [0.4, 0.5) is 19.0 Å². The summed E-state index contributed by atoms with van der Waals surface area (Å²) in [5, 5.41) is 6.93. The topological polar surface area (TPSA) is 92.7 Å². The van der Waals surface area contributed by atoms with Crippen LogP contribution in [0, 0.1) is 0 Å². The number of rotatable bonds is 3. The Morgan fingerprint density at radius 3 is 2.58 bits per heavy atom. The molecule has 0 aliphatic carbocycles. The van der Waals surface area contributed by atoms with Gasteiger partial charge < -0.3 is 4.98 Å². The second-order valence-corrected chi connectivity index (χ2v) is 5.28. The number of nitrogens with one attached hydrogen (secondary N) is 2. The van der Waals surface area contributed by atoms with Gasteiger partial charge in [-0.2, -0.15) is 13.2 Å². The van der Waals surface area contributed by atoms with Crippen molar-refractivity contribution in [2.24, 2.45) is 7.05 Å². The first-order valence-corrected chi connectivity index (χ1v) is 6.31. The maximum absolute atomic E-state index is 12.4. The van der Waals surface area contributed by atoms with Crippen LogP contribution in [0.1, 0.15) is 5.69 Å². The number of halogens is 3. The molecule has 2 heterocycles. The van der Waals surface area contributed by atoms with E-state index in [1.807, 2.05) is 4.98 Å². The third-order valence-electron chi connectivity index (χ3n) is 2.23. The molecule has 2 rings (SSSR count). The lowest BCUT2D eigenvalue weighted by molar-refractivity contribution is -0.140. The monoisotopic (exact) mass is 295 g/mol. The summed E-state index contributed by atoms with van der Waals surface area (Å²) in [4.78, 5) is 1.34. The van der Waals surface area contributed by atoms with E-state index in [0.29, 0.717) is 6.07 Å². The molecule has 0 aliphatic heterocycles. The van der Waals surface area contributed by atoms with Gasteiger partial charge in [0, 0.05) is 13.2 Å². The van der Waals surface area contributed by atoms with E-state index >= 15 is 0 Å². The molecule has 0 bridgehead atoms. The lowest BCUT2D eigenvalue weighted by atomic mass is 10.4. The maximum Gasteiger partial charge on any atom is 0.431 e. The van der Waals surface area contributed by atoms with Crippen LogP contribution in [-0.4, -0.2) is 28.4 Å². The number of aromatic amines is 1. The minimum atomic E-state index is -4.64. The normalized spacial score (nSPS) is 12.6. The summed E-state index contributed by atoms with van der Waals surface area (Å²) in [5.41, 5.74) is -1.14. The first-order valence-electron chi connectivity index (χ1n) is 4.83. The fourth-order valence-electron chi connectivity index (χ4n) is 1.27. The van der Waals surface area contributed by atoms with Gasteiger partial charge in [-0.25, -0.2) is 13.1 Å². The summed E-state index contributed by atoms with van der Waals surface area (Å²) in [6.07, 6.45) is -2.74. The predicted octanol–water partition coefficient (Wildman–Crippen LogP) is 0.963. The van der Waals surface area contributed by atoms with Crippen LogP contribution >= 0.6 is 0 Å². The molecule has 0 radical (unpaired) electrons. The third-order valence-corrected chi connectivity index (χ3v) is 3.56. The Bertz CT molecular complexity index is 687. The zero-order valence-corrected chi connectivity index (χ0v) is 10.2. The Balaban J connectivity index is 2.30. The Hall–Kier alpha value is -2.04. The molecule has 0 saturated carbocycles. The number of aromatic nitrogens is 4. The van der Waals surface area contributed by atoms with E-state index in [0.717, 1.165) is 17.1 Å². The van der Waals surface area contributed by atoms with Crippen molar-refractivity contribution in [1.29, 1.82) is 0 Å². The molecule has 0 unspecified atom stereocenters. The van der Waals surface area contributed by atoms with Crippen LogP contribution in [0.15, 0.2) is 23.4 Å². The van der Waals surface area contributed by atoms with Crippen LogP contribution in [0.2, 0.25) is 0 Å². The highest BCUT2D eigenvalue weighted by Gasteiger charge is 2.34. The van der Waals surface area contributed by atoms with E-state index in [4.69, 9.17) is 0 Å². The van der Waals surface area contributed by atoms with Gasteiger partial charge in [0.1, 0.15) is 10.6 Å². The fourth-order valence-corrected chi connectivity index (χ4v) is 2.34. The van der Waals surface area contributed by atoms with Crippen LogP contribution in [0.5, 0.6) is 0 Å². The van der Waals surface area contributed by atoms with Gasteiger partial charge in [-0.3, -0.25) is 4.72 Å². The molecule has 7 nitrogen and oxygen atoms in total. The quantitative estimate of drug-likeness (QED) is 0.882. The van der Waals surface area contributed by atoms with Crippen molar-refractivity contribution >= 4 is 15.8 Å². The largest absolute Gasteiger partial charge is 0.431 e. The van der Waals surface area contributed by atoms with Crippen LogP contribution < -0.4 is 4.72 Å². The van der Waals surface area contributed by atoms with E-state index in [9.17, 15) is 21.6 Å². The first-order chi connectivity index (χ1) is 8.70. The second kappa shape index (κ2) is 4.26. The molecule has 2 N–H and O–H groups in total. The van der Waals surface area contributed by atoms with Crippen molar-refractivity contribution in [2.45, 2.75) is 11.1 Å². The Morgan fingerprint density at radius 1 is 1.42 bits per heavy atom. The first kappa shape index (κ1) is 13.4. The summed E-state index contributed by atoms with van der Waals surface area (Å²) in [6, 6.07) is 0.506. The number of nitrogens with zero attached hydrogens (tertiary/aromatic N) is 3. The smallest absolute Gasteiger partial charge is 0.356 e. The van der Waals surface area contributed by atoms with E-state index in [1.54, 1.807) is 0 Å². The van der Waals surface area contributed by atoms with Crippen molar-refractivity contribution < 1.29 is 21.6 Å². The summed E-state index contributed by atoms with van der Waals surface area (Å²) < 4.78 is 63.9. The third kappa shape index (κ3) is 2.70. The van der Waals surface area contributed by atoms with Crippen molar-refractivity contribution in [2.75, 3.05) is 4.72 Å². The Kier molecular flexibility index (Phi) is 3.00. The van der Waals surface area contributed by atoms with Gasteiger partial charge in [-0.1, -0.05) is 5.21 Å². The highest BCUT2D eigenvalue weighted by atomic mass is 32.2. The molecule has 0 aliphatic rings. The maximum atomic E-state index is 12.4. The lowest BCUT2D eigenvalue weighted by Crippen LogP contribution is -2.14. The zero-order valence-electron chi connectivity index (χ0n) is 9.43. The van der Waals surface area contributed by atoms with Gasteiger partial charge in [0.15, 0.2) is 5.82 Å². The SMILES string of the molecule is Cn1nncc1NS(=O)(=O)c1c[nH]c(C(F)(F)F)c1. The molecule has 11 heteroatoms. The molecular weight excluding hydrogens is 287 g/mol. The van der Waals surface area contributed by atoms with E-state index < -0.39 is 26.8 Å². The van der Waals surface area contributed by atoms with Gasteiger partial charge in [0.25, 0.3) is 10.0 Å². The zero-order chi connectivity index (χ0) is 14.3. The second-order valence-electron chi connectivity index (χ2n) is 3.60. The Labute approximate surface area is 105 Å². The number of H-pyrrole nitrogens is 1. The van der Waals surface area contributed by atoms with Gasteiger partial charge in [0.2, 0.25) is 0 Å². The Morgan fingerprint density at radius 2 is 2.11 bits per heavy atom. The molecule has 0 saturated heterocycles. The minimum Gasteiger partial charge on any atom is -0.356 e. The van der Waals surface area contributed by atoms with E-state index in [1.165, 1.54) is 7.05 Å². The highest BCUT2D eigenvalue weighted by molar-refractivity contribution is 7.92. The molecule has 0 aromatic carbocycles. The molecular formula is C8H8F3N5O2S. The van der Waals surface area contributed by atoms with Gasteiger partial charge in [-0.05, 0) is 6.07 Å². The standard InChI is InChI=1S/C8H8F3N5O2S/c1-16-7(4-13-15-16)14-19(17,18)5-2-6(12-3-5)8(9,10)11/h2-4,12,14H,1H3. The number of anilines is 1. The summed E-state index contributed by atoms with van der Waals surface area (Å²) in [6.45, 7) is 0. The van der Waals surface area contributed by atoms with E-state index in [-0.39, 0.29) is 5.82 Å². The number of alkyl halides is 3. The van der Waals surface area contributed by atoms with Crippen LogP contribution in [0.3, 0.4) is 0 Å². The van der Waals surface area contributed by atoms with Crippen molar-refractivity contribution in [3.8, 4) is 0 Å². The van der Waals surface area contributed by atoms with Crippen molar-refractivity contribution in [3.63, 3.8) is 0 Å². The van der Waals surface area contributed by atoms with Crippen LogP contribution in [0.25, 0.3) is 0 Å². The average molecular weight is 295 g/mol. The van der Waals surface area contributed by atoms with Crippen LogP contribution in [-0.2, 0) is 23.2 Å². The van der Waals surface area contributed by atoms with Gasteiger partial charge in [0.05, 0.1) is 6.20 Å². The van der Waals surface area contributed by atoms with Crippen molar-refractivity contribution in [3.05, 3.63) is 24.2 Å². The molecule has 2 aromatic heterocycles. The highest BCUT2D eigenvalue weighted by Crippen LogP contribution is 2.29. The molecule has 0 amide bonds. The van der Waals surface area contributed by atoms with Gasteiger partial charge in [-0.15, -0.1) is 5.10 Å². The molecule has 0 spiro atoms. The number of sulfonamides is 1. The number of hydrogen-bond acceptors (Lipinski definition) is 4. The summed E-state index contributed by atoms with van der Waals surface area (Å²) >= 11 is 0. The summed E-state index contributed by atoms with van der Waals surface area (Å²) in [7, 11) is -2.69. The molecule has 0 atom stereocenters. The number of aryl methyl sites for hydroxylation is 1. The van der Waals surface area contributed by atoms with Crippen molar-refractivity contribution in [1.82, 2.24) is 20.0 Å². The summed E-state index contributed by atoms with van der Waals surface area (Å²) in [5.74, 6) is 0.0368. The predicted molar refractivity (Wildman–Crippen MR) is 57.6 cm³/mol. The van der Waals surface area contributed by atoms with Gasteiger partial charge >= 0.3 is 6.18 Å². The van der Waals surface area contributed by atoms with E-state index in [2.05, 4.69) is 15.0 Å².